The Morgan fingerprint density at radius 3 is 2.81 bits per heavy atom. The van der Waals surface area contributed by atoms with E-state index in [1.165, 1.54) is 0 Å². The summed E-state index contributed by atoms with van der Waals surface area (Å²) in [5.74, 6) is -1.53. The maximum atomic E-state index is 11.3. The Balaban J connectivity index is 2.58. The van der Waals surface area contributed by atoms with Crippen LogP contribution in [0.4, 0.5) is 0 Å². The van der Waals surface area contributed by atoms with E-state index in [0.717, 1.165) is 17.7 Å². The molecule has 1 rings (SSSR count). The molecule has 1 amide bonds. The van der Waals surface area contributed by atoms with Gasteiger partial charge >= 0.3 is 5.97 Å². The topological polar surface area (TPSA) is 66.4 Å². The lowest BCUT2D eigenvalue weighted by Gasteiger charge is -2.15. The van der Waals surface area contributed by atoms with Gasteiger partial charge in [0.25, 0.3) is 0 Å². The van der Waals surface area contributed by atoms with Gasteiger partial charge in [0.15, 0.2) is 0 Å². The molecule has 0 radical (unpaired) electrons. The maximum absolute atomic E-state index is 11.3. The number of nitrogens with one attached hydrogen (secondary N) is 1. The lowest BCUT2D eigenvalue weighted by Crippen LogP contribution is -2.29. The van der Waals surface area contributed by atoms with E-state index in [9.17, 15) is 9.59 Å². The van der Waals surface area contributed by atoms with Crippen molar-refractivity contribution in [2.75, 3.05) is 0 Å². The van der Waals surface area contributed by atoms with E-state index in [-0.39, 0.29) is 6.04 Å². The summed E-state index contributed by atoms with van der Waals surface area (Å²) in [4.78, 5) is 22.8. The molecule has 88 valence electrons. The molecule has 1 aromatic rings. The number of hydrogen-bond donors (Lipinski definition) is 2. The largest absolute Gasteiger partial charge is 0.481 e. The number of rotatable bonds is 6. The second-order valence-electron chi connectivity index (χ2n) is 3.49. The number of hydrogen-bond acceptors (Lipinski definition) is 3. The second-order valence-corrected chi connectivity index (χ2v) is 4.47. The number of aliphatic carboxylic acids is 1. The molecule has 5 heteroatoms. The summed E-state index contributed by atoms with van der Waals surface area (Å²) in [6, 6.07) is 3.81. The third kappa shape index (κ3) is 4.02. The zero-order chi connectivity index (χ0) is 12.0. The second kappa shape index (κ2) is 6.27. The van der Waals surface area contributed by atoms with Crippen LogP contribution in [0.15, 0.2) is 17.5 Å². The highest BCUT2D eigenvalue weighted by Gasteiger charge is 2.16. The van der Waals surface area contributed by atoms with Crippen molar-refractivity contribution in [3.63, 3.8) is 0 Å². The minimum absolute atomic E-state index is 0.0585. The van der Waals surface area contributed by atoms with Gasteiger partial charge in [-0.05, 0) is 17.9 Å². The molecule has 0 aliphatic rings. The molecule has 0 aliphatic carbocycles. The van der Waals surface area contributed by atoms with Gasteiger partial charge in [0, 0.05) is 4.88 Å². The molecule has 0 saturated heterocycles. The highest BCUT2D eigenvalue weighted by Crippen LogP contribution is 2.23. The van der Waals surface area contributed by atoms with Crippen LogP contribution in [-0.4, -0.2) is 17.0 Å². The van der Waals surface area contributed by atoms with Gasteiger partial charge in [-0.25, -0.2) is 0 Å². The van der Waals surface area contributed by atoms with E-state index in [0.29, 0.717) is 0 Å². The summed E-state index contributed by atoms with van der Waals surface area (Å²) in [6.45, 7) is 2.03. The summed E-state index contributed by atoms with van der Waals surface area (Å²) in [5.41, 5.74) is 0. The smallest absolute Gasteiger partial charge is 0.312 e. The van der Waals surface area contributed by atoms with Crippen LogP contribution < -0.4 is 5.32 Å². The first-order valence-electron chi connectivity index (χ1n) is 5.18. The highest BCUT2D eigenvalue weighted by atomic mass is 32.1. The lowest BCUT2D eigenvalue weighted by atomic mass is 10.1. The molecule has 2 N–H and O–H groups in total. The van der Waals surface area contributed by atoms with E-state index in [4.69, 9.17) is 5.11 Å². The zero-order valence-electron chi connectivity index (χ0n) is 9.10. The summed E-state index contributed by atoms with van der Waals surface area (Å²) < 4.78 is 0. The highest BCUT2D eigenvalue weighted by molar-refractivity contribution is 7.10. The molecule has 4 nitrogen and oxygen atoms in total. The zero-order valence-corrected chi connectivity index (χ0v) is 9.92. The molecule has 0 aromatic carbocycles. The monoisotopic (exact) mass is 241 g/mol. The molecular formula is C11H15NO3S. The van der Waals surface area contributed by atoms with Gasteiger partial charge in [-0.3, -0.25) is 9.59 Å². The van der Waals surface area contributed by atoms with Gasteiger partial charge in [-0.1, -0.05) is 19.4 Å². The van der Waals surface area contributed by atoms with Crippen LogP contribution in [-0.2, 0) is 9.59 Å². The van der Waals surface area contributed by atoms with Crippen molar-refractivity contribution in [1.82, 2.24) is 5.32 Å². The fourth-order valence-electron chi connectivity index (χ4n) is 1.45. The molecule has 0 spiro atoms. The first kappa shape index (κ1) is 12.7. The molecule has 1 unspecified atom stereocenters. The Bertz CT molecular complexity index is 348. The van der Waals surface area contributed by atoms with Crippen molar-refractivity contribution >= 4 is 23.2 Å². The van der Waals surface area contributed by atoms with Crippen LogP contribution in [0.25, 0.3) is 0 Å². The summed E-state index contributed by atoms with van der Waals surface area (Å²) in [6.07, 6.45) is 1.30. The summed E-state index contributed by atoms with van der Waals surface area (Å²) in [7, 11) is 0. The minimum Gasteiger partial charge on any atom is -0.481 e. The van der Waals surface area contributed by atoms with Gasteiger partial charge in [0.05, 0.1) is 6.04 Å². The van der Waals surface area contributed by atoms with Gasteiger partial charge in [0.1, 0.15) is 6.42 Å². The third-order valence-corrected chi connectivity index (χ3v) is 3.10. The Labute approximate surface area is 98.3 Å². The van der Waals surface area contributed by atoms with E-state index < -0.39 is 18.3 Å². The van der Waals surface area contributed by atoms with Crippen molar-refractivity contribution in [3.05, 3.63) is 22.4 Å². The minimum atomic E-state index is -1.10. The van der Waals surface area contributed by atoms with Crippen LogP contribution in [0.2, 0.25) is 0 Å². The molecule has 0 bridgehead atoms. The molecule has 1 atom stereocenters. The van der Waals surface area contributed by atoms with Crippen molar-refractivity contribution < 1.29 is 14.7 Å². The van der Waals surface area contributed by atoms with Gasteiger partial charge in [-0.15, -0.1) is 11.3 Å². The van der Waals surface area contributed by atoms with E-state index in [1.807, 2.05) is 24.4 Å². The molecular weight excluding hydrogens is 226 g/mol. The molecule has 1 aromatic heterocycles. The average molecular weight is 241 g/mol. The molecule has 0 saturated carbocycles. The number of carbonyl (C=O) groups excluding carboxylic acids is 1. The predicted octanol–water partition coefficient (Wildman–Crippen LogP) is 2.18. The quantitative estimate of drug-likeness (QED) is 0.750. The van der Waals surface area contributed by atoms with Crippen molar-refractivity contribution in [3.8, 4) is 0 Å². The normalized spacial score (nSPS) is 12.1. The van der Waals surface area contributed by atoms with Gasteiger partial charge in [0.2, 0.25) is 5.91 Å². The standard InChI is InChI=1S/C11H15NO3S/c1-2-4-8(9-5-3-6-16-9)12-10(13)7-11(14)15/h3,5-6,8H,2,4,7H2,1H3,(H,12,13)(H,14,15). The van der Waals surface area contributed by atoms with E-state index in [2.05, 4.69) is 5.32 Å². The van der Waals surface area contributed by atoms with Crippen LogP contribution >= 0.6 is 11.3 Å². The van der Waals surface area contributed by atoms with Crippen LogP contribution in [0, 0.1) is 0 Å². The van der Waals surface area contributed by atoms with E-state index >= 15 is 0 Å². The first-order chi connectivity index (χ1) is 7.63. The van der Waals surface area contributed by atoms with E-state index in [1.54, 1.807) is 11.3 Å². The SMILES string of the molecule is CCCC(NC(=O)CC(=O)O)c1cccs1. The Kier molecular flexibility index (Phi) is 4.98. The Morgan fingerprint density at radius 1 is 1.56 bits per heavy atom. The molecule has 0 fully saturated rings. The van der Waals surface area contributed by atoms with Crippen molar-refractivity contribution in [2.45, 2.75) is 32.2 Å². The predicted molar refractivity (Wildman–Crippen MR) is 62.4 cm³/mol. The summed E-state index contributed by atoms with van der Waals surface area (Å²) in [5, 5.41) is 13.2. The average Bonchev–Trinajstić information content (AvgIpc) is 2.68. The number of amides is 1. The first-order valence-corrected chi connectivity index (χ1v) is 6.06. The lowest BCUT2D eigenvalue weighted by molar-refractivity contribution is -0.140. The number of carboxylic acid groups (broad SMARTS) is 1. The third-order valence-electron chi connectivity index (χ3n) is 2.11. The molecule has 0 aliphatic heterocycles. The van der Waals surface area contributed by atoms with Gasteiger partial charge < -0.3 is 10.4 Å². The van der Waals surface area contributed by atoms with Crippen LogP contribution in [0.5, 0.6) is 0 Å². The number of carbonyl (C=O) groups is 2. The summed E-state index contributed by atoms with van der Waals surface area (Å²) >= 11 is 1.57. The number of carboxylic acids is 1. The fourth-order valence-corrected chi connectivity index (χ4v) is 2.26. The molecule has 16 heavy (non-hydrogen) atoms. The maximum Gasteiger partial charge on any atom is 0.312 e. The van der Waals surface area contributed by atoms with Crippen molar-refractivity contribution in [2.24, 2.45) is 0 Å². The fraction of sp³-hybridized carbons (Fsp3) is 0.455. The van der Waals surface area contributed by atoms with Crippen LogP contribution in [0.3, 0.4) is 0 Å². The van der Waals surface area contributed by atoms with Crippen LogP contribution in [0.1, 0.15) is 37.1 Å². The molecule has 1 heterocycles. The Hall–Kier alpha value is -1.36. The number of thiophene rings is 1. The van der Waals surface area contributed by atoms with Crippen molar-refractivity contribution in [1.29, 1.82) is 0 Å². The van der Waals surface area contributed by atoms with Gasteiger partial charge in [-0.2, -0.15) is 0 Å². The Morgan fingerprint density at radius 2 is 2.31 bits per heavy atom.